The Kier molecular flexibility index (Phi) is 4.58. The molecule has 0 aliphatic carbocycles. The Balaban J connectivity index is 2.53. The third-order valence-electron chi connectivity index (χ3n) is 3.54. The van der Waals surface area contributed by atoms with Crippen LogP contribution in [0.15, 0.2) is 35.2 Å². The van der Waals surface area contributed by atoms with Crippen LogP contribution < -0.4 is 5.73 Å². The molecule has 1 heterocycles. The van der Waals surface area contributed by atoms with E-state index in [9.17, 15) is 17.6 Å². The van der Waals surface area contributed by atoms with Crippen LogP contribution in [0, 0.1) is 19.7 Å². The molecule has 0 aliphatic rings. The number of hydrogen-bond acceptors (Lipinski definition) is 3. The first-order valence-corrected chi connectivity index (χ1v) is 8.28. The van der Waals surface area contributed by atoms with Gasteiger partial charge in [-0.3, -0.25) is 4.79 Å². The summed E-state index contributed by atoms with van der Waals surface area (Å²) >= 11 is 0. The van der Waals surface area contributed by atoms with Gasteiger partial charge in [-0.2, -0.15) is 4.31 Å². The zero-order chi connectivity index (χ0) is 17.4. The number of likely N-dealkylation sites (N-methyl/N-ethyl adjacent to an activating group) is 1. The van der Waals surface area contributed by atoms with Crippen LogP contribution in [-0.2, 0) is 14.8 Å². The van der Waals surface area contributed by atoms with E-state index in [1.807, 2.05) is 0 Å². The van der Waals surface area contributed by atoms with Gasteiger partial charge in [0.15, 0.2) is 0 Å². The molecule has 0 spiro atoms. The van der Waals surface area contributed by atoms with E-state index in [2.05, 4.69) is 0 Å². The van der Waals surface area contributed by atoms with E-state index in [1.165, 1.54) is 25.2 Å². The molecule has 0 atom stereocenters. The normalized spacial score (nSPS) is 11.9. The van der Waals surface area contributed by atoms with Crippen molar-refractivity contribution in [1.29, 1.82) is 0 Å². The summed E-state index contributed by atoms with van der Waals surface area (Å²) in [6, 6.07) is 7.27. The molecule has 0 radical (unpaired) electrons. The Morgan fingerprint density at radius 3 is 2.35 bits per heavy atom. The van der Waals surface area contributed by atoms with Crippen LogP contribution in [0.1, 0.15) is 11.4 Å². The van der Waals surface area contributed by atoms with Crippen LogP contribution in [-0.4, -0.2) is 36.8 Å². The predicted molar refractivity (Wildman–Crippen MR) is 84.2 cm³/mol. The topological polar surface area (TPSA) is 85.4 Å². The van der Waals surface area contributed by atoms with Gasteiger partial charge in [0.1, 0.15) is 10.7 Å². The highest BCUT2D eigenvalue weighted by Gasteiger charge is 2.27. The largest absolute Gasteiger partial charge is 0.369 e. The quantitative estimate of drug-likeness (QED) is 0.892. The molecule has 2 N–H and O–H groups in total. The molecule has 0 saturated carbocycles. The molecule has 0 saturated heterocycles. The van der Waals surface area contributed by atoms with E-state index in [0.29, 0.717) is 17.1 Å². The van der Waals surface area contributed by atoms with E-state index in [-0.39, 0.29) is 10.7 Å². The molecule has 2 aromatic rings. The summed E-state index contributed by atoms with van der Waals surface area (Å²) < 4.78 is 40.9. The minimum atomic E-state index is -3.84. The number of hydrogen-bond donors (Lipinski definition) is 1. The maximum Gasteiger partial charge on any atom is 0.245 e. The molecule has 23 heavy (non-hydrogen) atoms. The molecule has 2 rings (SSSR count). The van der Waals surface area contributed by atoms with E-state index in [1.54, 1.807) is 30.5 Å². The molecule has 0 fully saturated rings. The van der Waals surface area contributed by atoms with Crippen molar-refractivity contribution in [2.75, 3.05) is 13.6 Å². The summed E-state index contributed by atoms with van der Waals surface area (Å²) in [6.45, 7) is 3.01. The fourth-order valence-corrected chi connectivity index (χ4v) is 3.87. The number of rotatable bonds is 5. The van der Waals surface area contributed by atoms with Gasteiger partial charge in [-0.1, -0.05) is 0 Å². The zero-order valence-electron chi connectivity index (χ0n) is 13.1. The first kappa shape index (κ1) is 17.2. The Labute approximate surface area is 134 Å². The van der Waals surface area contributed by atoms with Crippen molar-refractivity contribution in [3.8, 4) is 5.69 Å². The van der Waals surface area contributed by atoms with Gasteiger partial charge >= 0.3 is 0 Å². The molecular formula is C15H18FN3O3S. The second-order valence-corrected chi connectivity index (χ2v) is 7.29. The standard InChI is InChI=1S/C15H18FN3O3S/c1-10-8-14(23(21,22)18(3)9-15(17)20)11(2)19(10)13-6-4-12(16)5-7-13/h4-8H,9H2,1-3H3,(H2,17,20). The fourth-order valence-electron chi connectivity index (χ4n) is 2.45. The molecule has 1 aromatic carbocycles. The van der Waals surface area contributed by atoms with Gasteiger partial charge in [0, 0.05) is 24.1 Å². The Hall–Kier alpha value is -2.19. The van der Waals surface area contributed by atoms with Crippen LogP contribution in [0.3, 0.4) is 0 Å². The fraction of sp³-hybridized carbons (Fsp3) is 0.267. The van der Waals surface area contributed by atoms with Crippen LogP contribution in [0.25, 0.3) is 5.69 Å². The average Bonchev–Trinajstić information content (AvgIpc) is 2.75. The number of benzene rings is 1. The number of aryl methyl sites for hydroxylation is 1. The number of sulfonamides is 1. The van der Waals surface area contributed by atoms with Gasteiger partial charge in [-0.05, 0) is 44.2 Å². The summed E-state index contributed by atoms with van der Waals surface area (Å²) in [4.78, 5) is 11.1. The van der Waals surface area contributed by atoms with Gasteiger partial charge < -0.3 is 10.3 Å². The number of carbonyl (C=O) groups is 1. The van der Waals surface area contributed by atoms with E-state index < -0.39 is 22.5 Å². The van der Waals surface area contributed by atoms with Crippen LogP contribution in [0.2, 0.25) is 0 Å². The molecule has 0 bridgehead atoms. The van der Waals surface area contributed by atoms with E-state index in [4.69, 9.17) is 5.73 Å². The predicted octanol–water partition coefficient (Wildman–Crippen LogP) is 1.34. The smallest absolute Gasteiger partial charge is 0.245 e. The number of aromatic nitrogens is 1. The number of primary amides is 1. The van der Waals surface area contributed by atoms with Crippen LogP contribution >= 0.6 is 0 Å². The monoisotopic (exact) mass is 339 g/mol. The summed E-state index contributed by atoms with van der Waals surface area (Å²) in [5, 5.41) is 0. The van der Waals surface area contributed by atoms with E-state index in [0.717, 1.165) is 4.31 Å². The highest BCUT2D eigenvalue weighted by molar-refractivity contribution is 7.89. The maximum atomic E-state index is 13.1. The number of carbonyl (C=O) groups excluding carboxylic acids is 1. The third kappa shape index (κ3) is 3.27. The van der Waals surface area contributed by atoms with Crippen molar-refractivity contribution in [2.45, 2.75) is 18.7 Å². The second kappa shape index (κ2) is 6.13. The SMILES string of the molecule is Cc1cc(S(=O)(=O)N(C)CC(N)=O)c(C)n1-c1ccc(F)cc1. The van der Waals surface area contributed by atoms with Crippen molar-refractivity contribution >= 4 is 15.9 Å². The summed E-state index contributed by atoms with van der Waals surface area (Å²) in [5.41, 5.74) is 6.87. The van der Waals surface area contributed by atoms with Crippen molar-refractivity contribution in [3.05, 3.63) is 47.5 Å². The average molecular weight is 339 g/mol. The van der Waals surface area contributed by atoms with Gasteiger partial charge in [0.2, 0.25) is 15.9 Å². The molecule has 0 unspecified atom stereocenters. The van der Waals surface area contributed by atoms with Crippen LogP contribution in [0.5, 0.6) is 0 Å². The number of halogens is 1. The molecule has 1 aromatic heterocycles. The molecule has 6 nitrogen and oxygen atoms in total. The first-order chi connectivity index (χ1) is 10.6. The maximum absolute atomic E-state index is 13.1. The first-order valence-electron chi connectivity index (χ1n) is 6.84. The molecule has 8 heteroatoms. The molecule has 1 amide bonds. The van der Waals surface area contributed by atoms with Gasteiger partial charge in [-0.25, -0.2) is 12.8 Å². The number of nitrogens with two attached hydrogens (primary N) is 1. The lowest BCUT2D eigenvalue weighted by atomic mass is 10.3. The summed E-state index contributed by atoms with van der Waals surface area (Å²) in [5.74, 6) is -1.10. The second-order valence-electron chi connectivity index (χ2n) is 5.27. The molecule has 0 aliphatic heterocycles. The zero-order valence-corrected chi connectivity index (χ0v) is 13.9. The van der Waals surface area contributed by atoms with Gasteiger partial charge in [-0.15, -0.1) is 0 Å². The minimum absolute atomic E-state index is 0.0862. The van der Waals surface area contributed by atoms with Gasteiger partial charge in [0.05, 0.1) is 6.54 Å². The number of amides is 1. The van der Waals surface area contributed by atoms with Crippen molar-refractivity contribution in [1.82, 2.24) is 8.87 Å². The van der Waals surface area contributed by atoms with Gasteiger partial charge in [0.25, 0.3) is 0 Å². The van der Waals surface area contributed by atoms with Crippen LogP contribution in [0.4, 0.5) is 4.39 Å². The van der Waals surface area contributed by atoms with Crippen molar-refractivity contribution < 1.29 is 17.6 Å². The Bertz CT molecular complexity index is 842. The molecular weight excluding hydrogens is 321 g/mol. The lowest BCUT2D eigenvalue weighted by molar-refractivity contribution is -0.118. The Morgan fingerprint density at radius 1 is 1.26 bits per heavy atom. The lowest BCUT2D eigenvalue weighted by Gasteiger charge is -2.15. The third-order valence-corrected chi connectivity index (χ3v) is 5.46. The van der Waals surface area contributed by atoms with E-state index >= 15 is 0 Å². The lowest BCUT2D eigenvalue weighted by Crippen LogP contribution is -2.35. The highest BCUT2D eigenvalue weighted by Crippen LogP contribution is 2.26. The van der Waals surface area contributed by atoms with Crippen molar-refractivity contribution in [3.63, 3.8) is 0 Å². The number of nitrogens with zero attached hydrogens (tertiary/aromatic N) is 2. The summed E-state index contributed by atoms with van der Waals surface area (Å²) in [7, 11) is -2.55. The highest BCUT2D eigenvalue weighted by atomic mass is 32.2. The summed E-state index contributed by atoms with van der Waals surface area (Å²) in [6.07, 6.45) is 0. The minimum Gasteiger partial charge on any atom is -0.369 e. The van der Waals surface area contributed by atoms with Crippen molar-refractivity contribution in [2.24, 2.45) is 5.73 Å². The Morgan fingerprint density at radius 2 is 1.83 bits per heavy atom. The molecule has 124 valence electrons.